The highest BCUT2D eigenvalue weighted by molar-refractivity contribution is 5.87. The summed E-state index contributed by atoms with van der Waals surface area (Å²) in [6, 6.07) is 8.09. The van der Waals surface area contributed by atoms with Crippen LogP contribution in [0.25, 0.3) is 12.2 Å². The number of unbranched alkanes of at least 4 members (excludes halogenated alkanes) is 9. The molecule has 2 nitrogen and oxygen atoms in total. The summed E-state index contributed by atoms with van der Waals surface area (Å²) >= 11 is 0. The van der Waals surface area contributed by atoms with E-state index < -0.39 is 0 Å². The van der Waals surface area contributed by atoms with Crippen LogP contribution in [0, 0.1) is 0 Å². The van der Waals surface area contributed by atoms with E-state index in [4.69, 9.17) is 0 Å². The standard InChI is InChI=1S/C23H34O2/c1-3-4-5-6-7-8-9-10-11-12-13-16-21-17-14-15-18-22(21)19-20-23(24)25-2/h13-20H,3-12H2,1-2H3/b16-13?,20-19+. The summed E-state index contributed by atoms with van der Waals surface area (Å²) in [6.07, 6.45) is 21.0. The quantitative estimate of drug-likeness (QED) is 0.224. The number of benzene rings is 1. The molecule has 0 aliphatic heterocycles. The van der Waals surface area contributed by atoms with E-state index in [1.54, 1.807) is 0 Å². The lowest BCUT2D eigenvalue weighted by atomic mass is 10.0. The number of methoxy groups -OCH3 is 1. The molecule has 25 heavy (non-hydrogen) atoms. The molecule has 0 fully saturated rings. The third kappa shape index (κ3) is 10.6. The Balaban J connectivity index is 2.24. The predicted octanol–water partition coefficient (Wildman–Crippen LogP) is 6.81. The Labute approximate surface area is 154 Å². The summed E-state index contributed by atoms with van der Waals surface area (Å²) in [7, 11) is 1.39. The Bertz CT molecular complexity index is 529. The third-order valence-electron chi connectivity index (χ3n) is 4.37. The van der Waals surface area contributed by atoms with Crippen LogP contribution in [0.1, 0.15) is 82.3 Å². The van der Waals surface area contributed by atoms with E-state index in [-0.39, 0.29) is 5.97 Å². The lowest BCUT2D eigenvalue weighted by molar-refractivity contribution is -0.134. The average molecular weight is 343 g/mol. The molecule has 0 unspecified atom stereocenters. The molecule has 138 valence electrons. The first-order valence-corrected chi connectivity index (χ1v) is 9.79. The van der Waals surface area contributed by atoms with Crippen molar-refractivity contribution in [3.8, 4) is 0 Å². The van der Waals surface area contributed by atoms with Crippen molar-refractivity contribution >= 4 is 18.1 Å². The SMILES string of the molecule is CCCCCCCCCCCC=Cc1ccccc1/C=C/C(=O)OC. The van der Waals surface area contributed by atoms with Crippen molar-refractivity contribution in [3.63, 3.8) is 0 Å². The van der Waals surface area contributed by atoms with E-state index in [0.29, 0.717) is 0 Å². The zero-order valence-electron chi connectivity index (χ0n) is 16.0. The number of rotatable bonds is 13. The molecule has 0 spiro atoms. The van der Waals surface area contributed by atoms with E-state index in [1.807, 2.05) is 24.3 Å². The minimum absolute atomic E-state index is 0.325. The fourth-order valence-corrected chi connectivity index (χ4v) is 2.82. The minimum atomic E-state index is -0.325. The molecule has 0 atom stereocenters. The van der Waals surface area contributed by atoms with Crippen LogP contribution in [0.4, 0.5) is 0 Å². The predicted molar refractivity (Wildman–Crippen MR) is 108 cm³/mol. The Kier molecular flexibility index (Phi) is 12.3. The molecule has 1 rings (SSSR count). The van der Waals surface area contributed by atoms with Crippen LogP contribution in [0.3, 0.4) is 0 Å². The van der Waals surface area contributed by atoms with Crippen molar-refractivity contribution in [2.45, 2.75) is 71.1 Å². The van der Waals surface area contributed by atoms with Gasteiger partial charge in [0.05, 0.1) is 7.11 Å². The van der Waals surface area contributed by atoms with Gasteiger partial charge in [-0.05, 0) is 30.0 Å². The van der Waals surface area contributed by atoms with E-state index in [0.717, 1.165) is 17.5 Å². The maximum absolute atomic E-state index is 11.2. The number of ether oxygens (including phenoxy) is 1. The first-order chi connectivity index (χ1) is 12.3. The van der Waals surface area contributed by atoms with Gasteiger partial charge < -0.3 is 4.74 Å². The summed E-state index contributed by atoms with van der Waals surface area (Å²) in [5, 5.41) is 0. The Hall–Kier alpha value is -1.83. The number of hydrogen-bond donors (Lipinski definition) is 0. The minimum Gasteiger partial charge on any atom is -0.466 e. The molecule has 0 amide bonds. The lowest BCUT2D eigenvalue weighted by Gasteiger charge is -2.02. The fraction of sp³-hybridized carbons (Fsp3) is 0.522. The second kappa shape index (κ2) is 14.5. The monoisotopic (exact) mass is 342 g/mol. The van der Waals surface area contributed by atoms with Crippen LogP contribution in [-0.2, 0) is 9.53 Å². The van der Waals surface area contributed by atoms with Crippen molar-refractivity contribution in [2.75, 3.05) is 7.11 Å². The van der Waals surface area contributed by atoms with Crippen molar-refractivity contribution in [3.05, 3.63) is 47.5 Å². The largest absolute Gasteiger partial charge is 0.466 e. The molecule has 0 saturated carbocycles. The molecular weight excluding hydrogens is 308 g/mol. The van der Waals surface area contributed by atoms with Gasteiger partial charge in [0.25, 0.3) is 0 Å². The van der Waals surface area contributed by atoms with Crippen LogP contribution in [0.15, 0.2) is 36.4 Å². The Morgan fingerprint density at radius 1 is 0.880 bits per heavy atom. The lowest BCUT2D eigenvalue weighted by Crippen LogP contribution is -1.93. The van der Waals surface area contributed by atoms with Crippen LogP contribution < -0.4 is 0 Å². The molecule has 1 aromatic rings. The summed E-state index contributed by atoms with van der Waals surface area (Å²) < 4.78 is 4.64. The molecular formula is C23H34O2. The van der Waals surface area contributed by atoms with Gasteiger partial charge in [0, 0.05) is 6.08 Å². The summed E-state index contributed by atoms with van der Waals surface area (Å²) in [6.45, 7) is 2.27. The molecule has 1 aromatic carbocycles. The van der Waals surface area contributed by atoms with Gasteiger partial charge in [-0.25, -0.2) is 4.79 Å². The van der Waals surface area contributed by atoms with Gasteiger partial charge in [0.15, 0.2) is 0 Å². The zero-order valence-corrected chi connectivity index (χ0v) is 16.0. The van der Waals surface area contributed by atoms with Crippen molar-refractivity contribution < 1.29 is 9.53 Å². The molecule has 0 N–H and O–H groups in total. The van der Waals surface area contributed by atoms with E-state index in [9.17, 15) is 4.79 Å². The number of hydrogen-bond acceptors (Lipinski definition) is 2. The highest BCUT2D eigenvalue weighted by atomic mass is 16.5. The average Bonchev–Trinajstić information content (AvgIpc) is 2.64. The van der Waals surface area contributed by atoms with Crippen molar-refractivity contribution in [2.24, 2.45) is 0 Å². The summed E-state index contributed by atoms with van der Waals surface area (Å²) in [4.78, 5) is 11.2. The molecule has 0 heterocycles. The maximum Gasteiger partial charge on any atom is 0.330 e. The van der Waals surface area contributed by atoms with Crippen LogP contribution in [-0.4, -0.2) is 13.1 Å². The smallest absolute Gasteiger partial charge is 0.330 e. The van der Waals surface area contributed by atoms with Gasteiger partial charge in [-0.2, -0.15) is 0 Å². The number of carbonyl (C=O) groups excluding carboxylic acids is 1. The van der Waals surface area contributed by atoms with Crippen LogP contribution >= 0.6 is 0 Å². The second-order valence-electron chi connectivity index (χ2n) is 6.50. The number of allylic oxidation sites excluding steroid dienone is 1. The van der Waals surface area contributed by atoms with E-state index in [1.165, 1.54) is 71.0 Å². The highest BCUT2D eigenvalue weighted by Gasteiger charge is 1.97. The van der Waals surface area contributed by atoms with E-state index in [2.05, 4.69) is 29.9 Å². The molecule has 0 aliphatic carbocycles. The molecule has 0 aromatic heterocycles. The summed E-state index contributed by atoms with van der Waals surface area (Å²) in [5.41, 5.74) is 2.18. The number of carbonyl (C=O) groups is 1. The number of esters is 1. The third-order valence-corrected chi connectivity index (χ3v) is 4.37. The molecule has 0 aliphatic rings. The molecule has 0 bridgehead atoms. The maximum atomic E-state index is 11.2. The molecule has 0 radical (unpaired) electrons. The highest BCUT2D eigenvalue weighted by Crippen LogP contribution is 2.15. The van der Waals surface area contributed by atoms with Gasteiger partial charge in [0.2, 0.25) is 0 Å². The molecule has 2 heteroatoms. The second-order valence-corrected chi connectivity index (χ2v) is 6.50. The van der Waals surface area contributed by atoms with Gasteiger partial charge in [-0.1, -0.05) is 94.7 Å². The van der Waals surface area contributed by atoms with Gasteiger partial charge in [-0.3, -0.25) is 0 Å². The van der Waals surface area contributed by atoms with Crippen LogP contribution in [0.2, 0.25) is 0 Å². The van der Waals surface area contributed by atoms with Gasteiger partial charge >= 0.3 is 5.97 Å². The zero-order chi connectivity index (χ0) is 18.2. The normalized spacial score (nSPS) is 11.4. The molecule has 0 saturated heterocycles. The van der Waals surface area contributed by atoms with Gasteiger partial charge in [0.1, 0.15) is 0 Å². The summed E-state index contributed by atoms with van der Waals surface area (Å²) in [5.74, 6) is -0.325. The first kappa shape index (κ1) is 21.2. The fourth-order valence-electron chi connectivity index (χ4n) is 2.82. The topological polar surface area (TPSA) is 26.3 Å². The van der Waals surface area contributed by atoms with Crippen LogP contribution in [0.5, 0.6) is 0 Å². The Morgan fingerprint density at radius 2 is 1.44 bits per heavy atom. The van der Waals surface area contributed by atoms with Crippen molar-refractivity contribution in [1.82, 2.24) is 0 Å². The first-order valence-electron chi connectivity index (χ1n) is 9.79. The van der Waals surface area contributed by atoms with E-state index >= 15 is 0 Å². The Morgan fingerprint density at radius 3 is 2.04 bits per heavy atom. The van der Waals surface area contributed by atoms with Gasteiger partial charge in [-0.15, -0.1) is 0 Å². The van der Waals surface area contributed by atoms with Crippen molar-refractivity contribution in [1.29, 1.82) is 0 Å².